The van der Waals surface area contributed by atoms with E-state index in [9.17, 15) is 0 Å². The van der Waals surface area contributed by atoms with Crippen molar-refractivity contribution >= 4 is 5.82 Å². The highest BCUT2D eigenvalue weighted by atomic mass is 16.5. The molecule has 0 amide bonds. The summed E-state index contributed by atoms with van der Waals surface area (Å²) < 4.78 is 5.15. The van der Waals surface area contributed by atoms with Gasteiger partial charge in [0.2, 0.25) is 0 Å². The van der Waals surface area contributed by atoms with Gasteiger partial charge in [-0.1, -0.05) is 5.16 Å². The third-order valence-electron chi connectivity index (χ3n) is 2.63. The number of nitrogens with zero attached hydrogens (tertiary/aromatic N) is 2. The molecular formula is C9H15N3O. The fourth-order valence-corrected chi connectivity index (χ4v) is 1.71. The van der Waals surface area contributed by atoms with E-state index in [1.165, 1.54) is 0 Å². The molecule has 13 heavy (non-hydrogen) atoms. The maximum absolute atomic E-state index is 5.66. The van der Waals surface area contributed by atoms with Crippen molar-refractivity contribution < 1.29 is 4.52 Å². The normalized spacial score (nSPS) is 17.8. The van der Waals surface area contributed by atoms with Gasteiger partial charge in [0, 0.05) is 18.2 Å². The zero-order chi connectivity index (χ0) is 9.42. The van der Waals surface area contributed by atoms with E-state index in [2.05, 4.69) is 23.9 Å². The lowest BCUT2D eigenvalue weighted by atomic mass is 10.1. The smallest absolute Gasteiger partial charge is 0.170 e. The quantitative estimate of drug-likeness (QED) is 0.703. The molecule has 2 rings (SSSR count). The molecule has 72 valence electrons. The molecule has 0 spiro atoms. The van der Waals surface area contributed by atoms with Crippen LogP contribution in [0.2, 0.25) is 0 Å². The molecule has 0 saturated heterocycles. The summed E-state index contributed by atoms with van der Waals surface area (Å²) in [5, 5.41) is 3.77. The second-order valence-electron chi connectivity index (χ2n) is 3.78. The zero-order valence-corrected chi connectivity index (χ0v) is 8.08. The van der Waals surface area contributed by atoms with Crippen LogP contribution in [-0.4, -0.2) is 22.6 Å². The number of hydrogen-bond donors (Lipinski definition) is 1. The number of anilines is 1. The fraction of sp³-hybridized carbons (Fsp3) is 0.667. The first-order valence-electron chi connectivity index (χ1n) is 4.65. The van der Waals surface area contributed by atoms with Crippen LogP contribution in [0, 0.1) is 0 Å². The van der Waals surface area contributed by atoms with Crippen LogP contribution in [0.1, 0.15) is 25.2 Å². The van der Waals surface area contributed by atoms with Crippen LogP contribution in [0.5, 0.6) is 0 Å². The van der Waals surface area contributed by atoms with Crippen molar-refractivity contribution in [3.63, 3.8) is 0 Å². The molecule has 0 radical (unpaired) electrons. The van der Waals surface area contributed by atoms with Gasteiger partial charge in [0.25, 0.3) is 0 Å². The Labute approximate surface area is 77.7 Å². The molecule has 2 N–H and O–H groups in total. The largest absolute Gasteiger partial charge is 0.381 e. The molecular weight excluding hydrogens is 166 g/mol. The molecule has 1 aromatic rings. The first kappa shape index (κ1) is 8.56. The highest BCUT2D eigenvalue weighted by Crippen LogP contribution is 2.24. The van der Waals surface area contributed by atoms with Gasteiger partial charge in [-0.05, 0) is 20.3 Å². The van der Waals surface area contributed by atoms with Gasteiger partial charge in [-0.2, -0.15) is 0 Å². The Kier molecular flexibility index (Phi) is 2.00. The summed E-state index contributed by atoms with van der Waals surface area (Å²) in [6.45, 7) is 6.27. The molecule has 1 aliphatic rings. The first-order valence-corrected chi connectivity index (χ1v) is 4.65. The van der Waals surface area contributed by atoms with Crippen molar-refractivity contribution in [1.82, 2.24) is 10.1 Å². The SMILES string of the molecule is CC(C)N1CCc2c(N)noc2C1. The van der Waals surface area contributed by atoms with E-state index in [0.29, 0.717) is 11.9 Å². The maximum atomic E-state index is 5.66. The Morgan fingerprint density at radius 2 is 2.31 bits per heavy atom. The average molecular weight is 181 g/mol. The number of nitrogens with two attached hydrogens (primary N) is 1. The highest BCUT2D eigenvalue weighted by Gasteiger charge is 2.23. The second kappa shape index (κ2) is 3.03. The van der Waals surface area contributed by atoms with Crippen LogP contribution >= 0.6 is 0 Å². The molecule has 1 aromatic heterocycles. The van der Waals surface area contributed by atoms with Crippen molar-refractivity contribution in [3.05, 3.63) is 11.3 Å². The number of aromatic nitrogens is 1. The third kappa shape index (κ3) is 1.42. The second-order valence-corrected chi connectivity index (χ2v) is 3.78. The van der Waals surface area contributed by atoms with Crippen molar-refractivity contribution in [2.75, 3.05) is 12.3 Å². The Morgan fingerprint density at radius 1 is 1.54 bits per heavy atom. The van der Waals surface area contributed by atoms with Crippen molar-refractivity contribution in [3.8, 4) is 0 Å². The van der Waals surface area contributed by atoms with Crippen LogP contribution in [0.4, 0.5) is 5.82 Å². The topological polar surface area (TPSA) is 55.3 Å². The van der Waals surface area contributed by atoms with E-state index in [1.54, 1.807) is 0 Å². The van der Waals surface area contributed by atoms with E-state index in [1.807, 2.05) is 0 Å². The Morgan fingerprint density at radius 3 is 3.00 bits per heavy atom. The predicted octanol–water partition coefficient (Wildman–Crippen LogP) is 1.02. The van der Waals surface area contributed by atoms with E-state index in [4.69, 9.17) is 10.3 Å². The summed E-state index contributed by atoms with van der Waals surface area (Å²) >= 11 is 0. The molecule has 4 nitrogen and oxygen atoms in total. The minimum absolute atomic E-state index is 0.555. The van der Waals surface area contributed by atoms with Crippen LogP contribution in [0.15, 0.2) is 4.52 Å². The van der Waals surface area contributed by atoms with Crippen molar-refractivity contribution in [2.24, 2.45) is 0 Å². The lowest BCUT2D eigenvalue weighted by Crippen LogP contribution is -2.35. The van der Waals surface area contributed by atoms with Crippen LogP contribution < -0.4 is 5.73 Å². The van der Waals surface area contributed by atoms with Crippen LogP contribution in [-0.2, 0) is 13.0 Å². The first-order chi connectivity index (χ1) is 6.18. The summed E-state index contributed by atoms with van der Waals surface area (Å²) in [4.78, 5) is 2.35. The number of rotatable bonds is 1. The maximum Gasteiger partial charge on any atom is 0.170 e. The molecule has 0 unspecified atom stereocenters. The van der Waals surface area contributed by atoms with E-state index >= 15 is 0 Å². The Bertz CT molecular complexity index is 306. The molecule has 4 heteroatoms. The summed E-state index contributed by atoms with van der Waals surface area (Å²) in [5.41, 5.74) is 6.77. The summed E-state index contributed by atoms with van der Waals surface area (Å²) in [6.07, 6.45) is 0.961. The fourth-order valence-electron chi connectivity index (χ4n) is 1.71. The third-order valence-corrected chi connectivity index (χ3v) is 2.63. The molecule has 0 fully saturated rings. The monoisotopic (exact) mass is 181 g/mol. The van der Waals surface area contributed by atoms with Gasteiger partial charge in [-0.3, -0.25) is 4.90 Å². The molecule has 1 aliphatic heterocycles. The average Bonchev–Trinajstić information content (AvgIpc) is 2.47. The van der Waals surface area contributed by atoms with E-state index in [0.717, 1.165) is 30.8 Å². The number of hydrogen-bond acceptors (Lipinski definition) is 4. The summed E-state index contributed by atoms with van der Waals surface area (Å²) in [7, 11) is 0. The Balaban J connectivity index is 2.21. The van der Waals surface area contributed by atoms with Crippen LogP contribution in [0.3, 0.4) is 0 Å². The van der Waals surface area contributed by atoms with Gasteiger partial charge in [0.05, 0.1) is 6.54 Å². The van der Waals surface area contributed by atoms with Crippen molar-refractivity contribution in [2.45, 2.75) is 32.9 Å². The van der Waals surface area contributed by atoms with Gasteiger partial charge >= 0.3 is 0 Å². The molecule has 0 atom stereocenters. The van der Waals surface area contributed by atoms with E-state index < -0.39 is 0 Å². The number of nitrogen functional groups attached to an aromatic ring is 1. The molecule has 0 aliphatic carbocycles. The Hall–Kier alpha value is -1.03. The predicted molar refractivity (Wildman–Crippen MR) is 50.2 cm³/mol. The minimum Gasteiger partial charge on any atom is -0.381 e. The van der Waals surface area contributed by atoms with E-state index in [-0.39, 0.29) is 0 Å². The standard InChI is InChI=1S/C9H15N3O/c1-6(2)12-4-3-7-8(5-12)13-11-9(7)10/h6H,3-5H2,1-2H3,(H2,10,11). The zero-order valence-electron chi connectivity index (χ0n) is 8.08. The van der Waals surface area contributed by atoms with Gasteiger partial charge < -0.3 is 10.3 Å². The molecule has 2 heterocycles. The lowest BCUT2D eigenvalue weighted by Gasteiger charge is -2.28. The molecule has 0 bridgehead atoms. The van der Waals surface area contributed by atoms with Gasteiger partial charge in [-0.15, -0.1) is 0 Å². The number of fused-ring (bicyclic) bond motifs is 1. The van der Waals surface area contributed by atoms with Gasteiger partial charge in [-0.25, -0.2) is 0 Å². The minimum atomic E-state index is 0.555. The highest BCUT2D eigenvalue weighted by molar-refractivity contribution is 5.41. The summed E-state index contributed by atoms with van der Waals surface area (Å²) in [5.74, 6) is 1.51. The molecule has 0 saturated carbocycles. The van der Waals surface area contributed by atoms with Gasteiger partial charge in [0.15, 0.2) is 11.6 Å². The van der Waals surface area contributed by atoms with Crippen molar-refractivity contribution in [1.29, 1.82) is 0 Å². The lowest BCUT2D eigenvalue weighted by molar-refractivity contribution is 0.177. The van der Waals surface area contributed by atoms with Gasteiger partial charge in [0.1, 0.15) is 0 Å². The molecule has 0 aromatic carbocycles. The van der Waals surface area contributed by atoms with Crippen LogP contribution in [0.25, 0.3) is 0 Å². The summed E-state index contributed by atoms with van der Waals surface area (Å²) in [6, 6.07) is 0.555.